The SMILES string of the molecule is C.[C-]#[N+]c1c(N)nc(SCc2nc(-c3ccc(Cl)cc3)oc2C)c(C#N)c1-c1ccc(OCC(O)C(F)(F)F)cc1. The second kappa shape index (κ2) is 13.0. The lowest BCUT2D eigenvalue weighted by Crippen LogP contribution is -2.34. The van der Waals surface area contributed by atoms with Crippen LogP contribution in [0, 0.1) is 24.8 Å². The summed E-state index contributed by atoms with van der Waals surface area (Å²) in [5.41, 5.74) is 8.15. The van der Waals surface area contributed by atoms with Crippen LogP contribution >= 0.6 is 23.4 Å². The van der Waals surface area contributed by atoms with Crippen molar-refractivity contribution in [1.29, 1.82) is 5.26 Å². The molecular weight excluding hydrogens is 579 g/mol. The van der Waals surface area contributed by atoms with Crippen molar-refractivity contribution in [1.82, 2.24) is 9.97 Å². The van der Waals surface area contributed by atoms with Gasteiger partial charge in [-0.25, -0.2) is 14.8 Å². The number of nitrogens with two attached hydrogens (primary N) is 1. The van der Waals surface area contributed by atoms with E-state index in [0.717, 1.165) is 5.56 Å². The predicted molar refractivity (Wildman–Crippen MR) is 151 cm³/mol. The molecule has 4 rings (SSSR count). The van der Waals surface area contributed by atoms with Gasteiger partial charge in [-0.15, -0.1) is 0 Å². The Kier molecular flexibility index (Phi) is 9.89. The molecule has 0 amide bonds. The molecular formula is C28H23ClF3N5O3S. The van der Waals surface area contributed by atoms with Crippen LogP contribution in [0.5, 0.6) is 5.75 Å². The van der Waals surface area contributed by atoms with Gasteiger partial charge in [0.15, 0.2) is 6.10 Å². The first-order valence-corrected chi connectivity index (χ1v) is 12.8. The Morgan fingerprint density at radius 3 is 2.39 bits per heavy atom. The number of pyridine rings is 1. The van der Waals surface area contributed by atoms with E-state index in [0.29, 0.717) is 27.9 Å². The highest BCUT2D eigenvalue weighted by atomic mass is 35.5. The van der Waals surface area contributed by atoms with E-state index in [-0.39, 0.29) is 46.6 Å². The van der Waals surface area contributed by atoms with Gasteiger partial charge < -0.3 is 20.0 Å². The molecule has 2 aromatic heterocycles. The van der Waals surface area contributed by atoms with Crippen LogP contribution in [0.1, 0.15) is 24.4 Å². The molecule has 41 heavy (non-hydrogen) atoms. The number of benzene rings is 2. The minimum Gasteiger partial charge on any atom is -0.491 e. The number of anilines is 1. The maximum atomic E-state index is 12.5. The fraction of sp³-hybridized carbons (Fsp3) is 0.214. The third kappa shape index (κ3) is 7.11. The van der Waals surface area contributed by atoms with Crippen molar-refractivity contribution in [2.75, 3.05) is 12.3 Å². The Hall–Kier alpha value is -4.23. The molecule has 0 radical (unpaired) electrons. The first-order chi connectivity index (χ1) is 19.0. The first-order valence-electron chi connectivity index (χ1n) is 11.5. The highest BCUT2D eigenvalue weighted by Gasteiger charge is 2.38. The maximum absolute atomic E-state index is 12.5. The van der Waals surface area contributed by atoms with Crippen LogP contribution < -0.4 is 10.5 Å². The number of alkyl halides is 3. The van der Waals surface area contributed by atoms with Crippen LogP contribution in [0.15, 0.2) is 58.0 Å². The summed E-state index contributed by atoms with van der Waals surface area (Å²) < 4.78 is 48.5. The van der Waals surface area contributed by atoms with E-state index in [4.69, 9.17) is 38.2 Å². The maximum Gasteiger partial charge on any atom is 0.417 e. The molecule has 2 aromatic carbocycles. The van der Waals surface area contributed by atoms with Crippen molar-refractivity contribution in [2.45, 2.75) is 37.4 Å². The smallest absolute Gasteiger partial charge is 0.417 e. The van der Waals surface area contributed by atoms with Crippen LogP contribution in [0.2, 0.25) is 5.02 Å². The molecule has 212 valence electrons. The molecule has 4 aromatic rings. The van der Waals surface area contributed by atoms with Crippen molar-refractivity contribution < 1.29 is 27.4 Å². The van der Waals surface area contributed by atoms with Crippen LogP contribution in [0.4, 0.5) is 24.7 Å². The van der Waals surface area contributed by atoms with Crippen molar-refractivity contribution in [3.63, 3.8) is 0 Å². The van der Waals surface area contributed by atoms with Crippen molar-refractivity contribution >= 4 is 34.9 Å². The lowest BCUT2D eigenvalue weighted by atomic mass is 10.00. The molecule has 0 aliphatic carbocycles. The van der Waals surface area contributed by atoms with Gasteiger partial charge in [-0.2, -0.15) is 18.4 Å². The van der Waals surface area contributed by atoms with Crippen LogP contribution in [-0.2, 0) is 5.75 Å². The molecule has 13 heteroatoms. The molecule has 1 unspecified atom stereocenters. The Morgan fingerprint density at radius 1 is 1.17 bits per heavy atom. The Labute approximate surface area is 243 Å². The van der Waals surface area contributed by atoms with Gasteiger partial charge in [0.2, 0.25) is 11.6 Å². The molecule has 0 saturated heterocycles. The fourth-order valence-electron chi connectivity index (χ4n) is 3.58. The third-order valence-corrected chi connectivity index (χ3v) is 6.89. The van der Waals surface area contributed by atoms with Gasteiger partial charge in [-0.1, -0.05) is 42.9 Å². The van der Waals surface area contributed by atoms with E-state index in [1.54, 1.807) is 31.2 Å². The van der Waals surface area contributed by atoms with Gasteiger partial charge >= 0.3 is 6.18 Å². The van der Waals surface area contributed by atoms with E-state index < -0.39 is 18.9 Å². The normalized spacial score (nSPS) is 11.7. The summed E-state index contributed by atoms with van der Waals surface area (Å²) in [5.74, 6) is 1.25. The molecule has 8 nitrogen and oxygen atoms in total. The molecule has 3 N–H and O–H groups in total. The summed E-state index contributed by atoms with van der Waals surface area (Å²) in [4.78, 5) is 12.3. The number of aliphatic hydroxyl groups is 1. The largest absolute Gasteiger partial charge is 0.491 e. The summed E-state index contributed by atoms with van der Waals surface area (Å²) in [7, 11) is 0. The number of hydrogen-bond donors (Lipinski definition) is 2. The summed E-state index contributed by atoms with van der Waals surface area (Å²) in [5, 5.41) is 20.0. The van der Waals surface area contributed by atoms with E-state index in [9.17, 15) is 18.4 Å². The number of rotatable bonds is 8. The predicted octanol–water partition coefficient (Wildman–Crippen LogP) is 7.60. The van der Waals surface area contributed by atoms with Gasteiger partial charge in [0.25, 0.3) is 0 Å². The molecule has 0 aliphatic heterocycles. The van der Waals surface area contributed by atoms with Crippen molar-refractivity contribution in [2.24, 2.45) is 0 Å². The van der Waals surface area contributed by atoms with E-state index in [1.807, 2.05) is 0 Å². The standard InChI is InChI=1S/C27H19ClF3N5O3S.CH4/c1-14-20(35-25(39-14)16-3-7-17(28)8-4-16)13-40-26-19(11-32)22(23(34-2)24(33)36-26)15-5-9-18(10-6-15)38-12-21(37)27(29,30)31;/h3-10,21,37H,12-13H2,1H3,(H2,33,36);1H4. The number of aromatic nitrogens is 2. The zero-order valence-corrected chi connectivity index (χ0v) is 22.2. The molecule has 2 heterocycles. The summed E-state index contributed by atoms with van der Waals surface area (Å²) >= 11 is 7.14. The van der Waals surface area contributed by atoms with Crippen molar-refractivity contribution in [3.05, 3.63) is 82.0 Å². The number of halogens is 4. The average molecular weight is 602 g/mol. The molecule has 0 spiro atoms. The van der Waals surface area contributed by atoms with Crippen molar-refractivity contribution in [3.8, 4) is 34.4 Å². The van der Waals surface area contributed by atoms with E-state index in [2.05, 4.69) is 20.9 Å². The number of nitrogen functional groups attached to an aromatic ring is 1. The van der Waals surface area contributed by atoms with Gasteiger partial charge in [-0.05, 0) is 48.9 Å². The average Bonchev–Trinajstić information content (AvgIpc) is 3.30. The molecule has 0 saturated carbocycles. The Morgan fingerprint density at radius 2 is 1.80 bits per heavy atom. The number of nitrogens with zero attached hydrogens (tertiary/aromatic N) is 4. The number of thioether (sulfide) groups is 1. The van der Waals surface area contributed by atoms with Gasteiger partial charge in [0.1, 0.15) is 35.0 Å². The van der Waals surface area contributed by atoms with Crippen LogP contribution in [0.25, 0.3) is 27.4 Å². The quantitative estimate of drug-likeness (QED) is 0.156. The fourth-order valence-corrected chi connectivity index (χ4v) is 4.70. The minimum absolute atomic E-state index is 0. The summed E-state index contributed by atoms with van der Waals surface area (Å²) in [6, 6.07) is 14.8. The number of aliphatic hydroxyl groups excluding tert-OH is 1. The number of aryl methyl sites for hydroxylation is 1. The second-order valence-corrected chi connectivity index (χ2v) is 9.74. The van der Waals surface area contributed by atoms with E-state index in [1.165, 1.54) is 36.0 Å². The minimum atomic E-state index is -4.81. The second-order valence-electron chi connectivity index (χ2n) is 8.33. The molecule has 0 aliphatic rings. The topological polar surface area (TPSA) is 123 Å². The number of oxazole rings is 1. The van der Waals surface area contributed by atoms with E-state index >= 15 is 0 Å². The Bertz CT molecular complexity index is 1610. The Balaban J connectivity index is 0.00000462. The van der Waals surface area contributed by atoms with Gasteiger partial charge in [0, 0.05) is 21.9 Å². The molecule has 1 atom stereocenters. The highest BCUT2D eigenvalue weighted by Crippen LogP contribution is 2.42. The molecule has 0 bridgehead atoms. The first kappa shape index (κ1) is 31.3. The number of hydrogen-bond acceptors (Lipinski definition) is 8. The van der Waals surface area contributed by atoms with Gasteiger partial charge in [0.05, 0.1) is 17.8 Å². The molecule has 0 fully saturated rings. The zero-order chi connectivity index (χ0) is 29.0. The van der Waals surface area contributed by atoms with Crippen LogP contribution in [-0.4, -0.2) is 34.0 Å². The number of ether oxygens (including phenoxy) is 1. The lowest BCUT2D eigenvalue weighted by Gasteiger charge is -2.16. The van der Waals surface area contributed by atoms with Crippen LogP contribution in [0.3, 0.4) is 0 Å². The van der Waals surface area contributed by atoms with Gasteiger partial charge in [-0.3, -0.25) is 0 Å². The summed E-state index contributed by atoms with van der Waals surface area (Å²) in [6.45, 7) is 8.37. The zero-order valence-electron chi connectivity index (χ0n) is 20.7. The monoisotopic (exact) mass is 601 g/mol. The summed E-state index contributed by atoms with van der Waals surface area (Å²) in [6.07, 6.45) is -7.45. The lowest BCUT2D eigenvalue weighted by molar-refractivity contribution is -0.210. The highest BCUT2D eigenvalue weighted by molar-refractivity contribution is 7.98. The number of nitriles is 1. The third-order valence-electron chi connectivity index (χ3n) is 5.65.